The molecule has 0 aliphatic carbocycles. The molecule has 2 aromatic rings. The lowest BCUT2D eigenvalue weighted by atomic mass is 9.98. The van der Waals surface area contributed by atoms with Gasteiger partial charge in [0, 0.05) is 11.6 Å². The van der Waals surface area contributed by atoms with Crippen molar-refractivity contribution in [2.24, 2.45) is 5.73 Å². The van der Waals surface area contributed by atoms with Gasteiger partial charge < -0.3 is 5.73 Å². The van der Waals surface area contributed by atoms with Crippen LogP contribution in [0.4, 0.5) is 4.39 Å². The zero-order chi connectivity index (χ0) is 12.3. The van der Waals surface area contributed by atoms with Crippen LogP contribution >= 0.6 is 0 Å². The fourth-order valence-electron chi connectivity index (χ4n) is 1.86. The van der Waals surface area contributed by atoms with Crippen LogP contribution in [-0.2, 0) is 0 Å². The van der Waals surface area contributed by atoms with Gasteiger partial charge in [-0.15, -0.1) is 0 Å². The fourth-order valence-corrected chi connectivity index (χ4v) is 1.86. The Morgan fingerprint density at radius 1 is 1.06 bits per heavy atom. The molecule has 2 N–H and O–H groups in total. The van der Waals surface area contributed by atoms with E-state index >= 15 is 0 Å². The molecule has 0 fully saturated rings. The van der Waals surface area contributed by atoms with Crippen molar-refractivity contribution in [3.63, 3.8) is 0 Å². The molecule has 88 valence electrons. The number of hydrogen-bond donors (Lipinski definition) is 1. The van der Waals surface area contributed by atoms with E-state index in [1.807, 2.05) is 43.3 Å². The summed E-state index contributed by atoms with van der Waals surface area (Å²) >= 11 is 0. The average molecular weight is 229 g/mol. The first kappa shape index (κ1) is 11.8. The molecule has 0 aromatic heterocycles. The molecular weight excluding hydrogens is 213 g/mol. The van der Waals surface area contributed by atoms with Gasteiger partial charge in [-0.2, -0.15) is 0 Å². The van der Waals surface area contributed by atoms with Crippen molar-refractivity contribution >= 4 is 0 Å². The first-order valence-electron chi connectivity index (χ1n) is 5.83. The lowest BCUT2D eigenvalue weighted by molar-refractivity contribution is 0.575. The Morgan fingerprint density at radius 3 is 2.41 bits per heavy atom. The zero-order valence-electron chi connectivity index (χ0n) is 9.86. The van der Waals surface area contributed by atoms with E-state index in [1.165, 1.54) is 6.07 Å². The van der Waals surface area contributed by atoms with E-state index in [0.29, 0.717) is 5.56 Å². The molecule has 2 heteroatoms. The maximum atomic E-state index is 13.6. The predicted molar refractivity (Wildman–Crippen MR) is 69.1 cm³/mol. The highest BCUT2D eigenvalue weighted by atomic mass is 19.1. The van der Waals surface area contributed by atoms with Gasteiger partial charge in [-0.1, -0.05) is 43.3 Å². The molecule has 2 rings (SSSR count). The lowest BCUT2D eigenvalue weighted by Crippen LogP contribution is -2.10. The van der Waals surface area contributed by atoms with E-state index in [0.717, 1.165) is 17.5 Å². The van der Waals surface area contributed by atoms with Crippen molar-refractivity contribution in [3.8, 4) is 11.1 Å². The minimum Gasteiger partial charge on any atom is -0.324 e. The van der Waals surface area contributed by atoms with Crippen LogP contribution in [-0.4, -0.2) is 0 Å². The molecule has 1 unspecified atom stereocenters. The highest BCUT2D eigenvalue weighted by Gasteiger charge is 2.10. The summed E-state index contributed by atoms with van der Waals surface area (Å²) < 4.78 is 13.6. The highest BCUT2D eigenvalue weighted by molar-refractivity contribution is 5.64. The summed E-state index contributed by atoms with van der Waals surface area (Å²) in [4.78, 5) is 0. The number of halogens is 1. The Bertz CT molecular complexity index is 494. The summed E-state index contributed by atoms with van der Waals surface area (Å²) in [6.07, 6.45) is 0.731. The smallest absolute Gasteiger partial charge is 0.128 e. The van der Waals surface area contributed by atoms with Crippen LogP contribution in [0.25, 0.3) is 11.1 Å². The summed E-state index contributed by atoms with van der Waals surface area (Å²) in [7, 11) is 0. The van der Waals surface area contributed by atoms with Gasteiger partial charge in [-0.3, -0.25) is 0 Å². The summed E-state index contributed by atoms with van der Waals surface area (Å²) in [6, 6.07) is 14.8. The molecule has 0 aliphatic rings. The SMILES string of the molecule is CCC(N)c1cc(-c2ccccc2)ccc1F. The fraction of sp³-hybridized carbons (Fsp3) is 0.200. The molecule has 0 spiro atoms. The molecule has 1 atom stereocenters. The van der Waals surface area contributed by atoms with Crippen molar-refractivity contribution in [1.29, 1.82) is 0 Å². The molecule has 0 saturated carbocycles. The third kappa shape index (κ3) is 2.53. The van der Waals surface area contributed by atoms with E-state index in [-0.39, 0.29) is 11.9 Å². The Balaban J connectivity index is 2.44. The third-order valence-corrected chi connectivity index (χ3v) is 2.94. The molecule has 0 radical (unpaired) electrons. The van der Waals surface area contributed by atoms with E-state index in [2.05, 4.69) is 0 Å². The molecular formula is C15H16FN. The molecule has 2 aromatic carbocycles. The van der Waals surface area contributed by atoms with Crippen LogP contribution in [0.5, 0.6) is 0 Å². The topological polar surface area (TPSA) is 26.0 Å². The summed E-state index contributed by atoms with van der Waals surface area (Å²) in [5.41, 5.74) is 8.58. The van der Waals surface area contributed by atoms with Crippen LogP contribution in [0.15, 0.2) is 48.5 Å². The van der Waals surface area contributed by atoms with E-state index in [4.69, 9.17) is 5.73 Å². The second-order valence-corrected chi connectivity index (χ2v) is 4.12. The van der Waals surface area contributed by atoms with Gasteiger partial charge in [0.15, 0.2) is 0 Å². The van der Waals surface area contributed by atoms with E-state index in [9.17, 15) is 4.39 Å². The quantitative estimate of drug-likeness (QED) is 0.848. The largest absolute Gasteiger partial charge is 0.324 e. The Hall–Kier alpha value is -1.67. The molecule has 1 nitrogen and oxygen atoms in total. The van der Waals surface area contributed by atoms with E-state index in [1.54, 1.807) is 6.07 Å². The number of rotatable bonds is 3. The lowest BCUT2D eigenvalue weighted by Gasteiger charge is -2.12. The monoisotopic (exact) mass is 229 g/mol. The van der Waals surface area contributed by atoms with Crippen molar-refractivity contribution in [1.82, 2.24) is 0 Å². The predicted octanol–water partition coefficient (Wildman–Crippen LogP) is 3.90. The highest BCUT2D eigenvalue weighted by Crippen LogP contribution is 2.25. The molecule has 0 amide bonds. The number of benzene rings is 2. The van der Waals surface area contributed by atoms with Crippen LogP contribution < -0.4 is 5.73 Å². The normalized spacial score (nSPS) is 12.4. The number of nitrogens with two attached hydrogens (primary N) is 1. The summed E-state index contributed by atoms with van der Waals surface area (Å²) in [5.74, 6) is -0.223. The standard InChI is InChI=1S/C15H16FN/c1-2-15(17)13-10-12(8-9-14(13)16)11-6-4-3-5-7-11/h3-10,15H,2,17H2,1H3. The van der Waals surface area contributed by atoms with Crippen LogP contribution in [0.1, 0.15) is 24.9 Å². The van der Waals surface area contributed by atoms with Gasteiger partial charge in [0.25, 0.3) is 0 Å². The molecule has 0 aliphatic heterocycles. The van der Waals surface area contributed by atoms with Gasteiger partial charge in [-0.25, -0.2) is 4.39 Å². The molecule has 0 bridgehead atoms. The Labute approximate surface area is 101 Å². The zero-order valence-corrected chi connectivity index (χ0v) is 9.86. The maximum absolute atomic E-state index is 13.6. The second-order valence-electron chi connectivity index (χ2n) is 4.12. The van der Waals surface area contributed by atoms with Crippen LogP contribution in [0, 0.1) is 5.82 Å². The third-order valence-electron chi connectivity index (χ3n) is 2.94. The van der Waals surface area contributed by atoms with Gasteiger partial charge >= 0.3 is 0 Å². The average Bonchev–Trinajstić information content (AvgIpc) is 2.39. The molecule has 0 heterocycles. The second kappa shape index (κ2) is 5.11. The van der Waals surface area contributed by atoms with Crippen molar-refractivity contribution in [2.45, 2.75) is 19.4 Å². The van der Waals surface area contributed by atoms with Gasteiger partial charge in [0.2, 0.25) is 0 Å². The van der Waals surface area contributed by atoms with Crippen molar-refractivity contribution in [3.05, 3.63) is 59.9 Å². The molecule has 17 heavy (non-hydrogen) atoms. The Morgan fingerprint density at radius 2 is 1.76 bits per heavy atom. The van der Waals surface area contributed by atoms with E-state index < -0.39 is 0 Å². The van der Waals surface area contributed by atoms with Gasteiger partial charge in [0.1, 0.15) is 5.82 Å². The maximum Gasteiger partial charge on any atom is 0.128 e. The first-order valence-corrected chi connectivity index (χ1v) is 5.83. The molecule has 0 saturated heterocycles. The minimum atomic E-state index is -0.237. The van der Waals surface area contributed by atoms with Crippen molar-refractivity contribution < 1.29 is 4.39 Å². The minimum absolute atomic E-state index is 0.223. The first-order chi connectivity index (χ1) is 8.22. The van der Waals surface area contributed by atoms with Crippen LogP contribution in [0.2, 0.25) is 0 Å². The van der Waals surface area contributed by atoms with Crippen LogP contribution in [0.3, 0.4) is 0 Å². The van der Waals surface area contributed by atoms with Gasteiger partial charge in [-0.05, 0) is 29.7 Å². The van der Waals surface area contributed by atoms with Crippen molar-refractivity contribution in [2.75, 3.05) is 0 Å². The van der Waals surface area contributed by atoms with Gasteiger partial charge in [0.05, 0.1) is 0 Å². The summed E-state index contributed by atoms with van der Waals surface area (Å²) in [6.45, 7) is 1.96. The summed E-state index contributed by atoms with van der Waals surface area (Å²) in [5, 5.41) is 0. The Kier molecular flexibility index (Phi) is 3.55. The number of hydrogen-bond acceptors (Lipinski definition) is 1.